The molecule has 0 aromatic heterocycles. The first-order valence-electron chi connectivity index (χ1n) is 6.80. The number of nitrogen functional groups attached to an aromatic ring is 1. The smallest absolute Gasteiger partial charge is 0.170 e. The van der Waals surface area contributed by atoms with Gasteiger partial charge in [0.05, 0.1) is 12.0 Å². The van der Waals surface area contributed by atoms with Gasteiger partial charge in [-0.05, 0) is 43.9 Å². The van der Waals surface area contributed by atoms with Crippen LogP contribution in [0.5, 0.6) is 5.75 Å². The van der Waals surface area contributed by atoms with E-state index in [0.29, 0.717) is 17.7 Å². The molecule has 1 aliphatic carbocycles. The Balaban J connectivity index is 1.95. The highest BCUT2D eigenvalue weighted by Crippen LogP contribution is 2.41. The number of fused-ring (bicyclic) bond motifs is 1. The van der Waals surface area contributed by atoms with E-state index in [9.17, 15) is 4.79 Å². The van der Waals surface area contributed by atoms with Crippen molar-refractivity contribution in [2.45, 2.75) is 50.5 Å². The summed E-state index contributed by atoms with van der Waals surface area (Å²) in [5.74, 6) is 0.910. The summed E-state index contributed by atoms with van der Waals surface area (Å²) in [7, 11) is 0. The minimum Gasteiger partial charge on any atom is -0.486 e. The fraction of sp³-hybridized carbons (Fsp3) is 0.533. The van der Waals surface area contributed by atoms with Gasteiger partial charge in [-0.1, -0.05) is 12.8 Å². The van der Waals surface area contributed by atoms with Crippen molar-refractivity contribution in [3.05, 3.63) is 23.8 Å². The number of ketones is 1. The minimum atomic E-state index is -0.239. The second-order valence-electron chi connectivity index (χ2n) is 5.55. The third-order valence-electron chi connectivity index (χ3n) is 4.13. The molecule has 0 radical (unpaired) electrons. The summed E-state index contributed by atoms with van der Waals surface area (Å²) in [6, 6.07) is 5.39. The summed E-state index contributed by atoms with van der Waals surface area (Å²) in [6.45, 7) is 0. The van der Waals surface area contributed by atoms with Crippen molar-refractivity contribution in [2.75, 3.05) is 5.73 Å². The predicted octanol–water partition coefficient (Wildman–Crippen LogP) is 3.33. The number of nitrogens with two attached hydrogens (primary N) is 1. The first kappa shape index (κ1) is 11.6. The Labute approximate surface area is 107 Å². The molecular weight excluding hydrogens is 226 g/mol. The van der Waals surface area contributed by atoms with E-state index in [1.54, 1.807) is 6.07 Å². The molecule has 1 aromatic carbocycles. The molecule has 2 N–H and O–H groups in total. The molecule has 0 amide bonds. The van der Waals surface area contributed by atoms with Gasteiger partial charge in [0.2, 0.25) is 0 Å². The van der Waals surface area contributed by atoms with E-state index in [-0.39, 0.29) is 11.4 Å². The van der Waals surface area contributed by atoms with Gasteiger partial charge >= 0.3 is 0 Å². The van der Waals surface area contributed by atoms with Gasteiger partial charge in [-0.25, -0.2) is 0 Å². The molecule has 1 saturated carbocycles. The Morgan fingerprint density at radius 3 is 2.56 bits per heavy atom. The van der Waals surface area contributed by atoms with Crippen LogP contribution < -0.4 is 10.5 Å². The van der Waals surface area contributed by atoms with Gasteiger partial charge < -0.3 is 10.5 Å². The van der Waals surface area contributed by atoms with Crippen LogP contribution in [0.3, 0.4) is 0 Å². The Hall–Kier alpha value is -1.51. The summed E-state index contributed by atoms with van der Waals surface area (Å²) in [5, 5.41) is 0. The van der Waals surface area contributed by atoms with Crippen LogP contribution >= 0.6 is 0 Å². The van der Waals surface area contributed by atoms with Crippen LogP contribution in [-0.4, -0.2) is 11.4 Å². The van der Waals surface area contributed by atoms with Gasteiger partial charge in [-0.3, -0.25) is 4.79 Å². The lowest BCUT2D eigenvalue weighted by atomic mass is 9.84. The molecule has 18 heavy (non-hydrogen) atoms. The van der Waals surface area contributed by atoms with Crippen molar-refractivity contribution in [3.63, 3.8) is 0 Å². The Kier molecular flexibility index (Phi) is 2.77. The highest BCUT2D eigenvalue weighted by molar-refractivity contribution is 6.01. The molecule has 0 atom stereocenters. The van der Waals surface area contributed by atoms with E-state index in [1.165, 1.54) is 12.8 Å². The van der Waals surface area contributed by atoms with Crippen LogP contribution in [0, 0.1) is 0 Å². The summed E-state index contributed by atoms with van der Waals surface area (Å²) in [5.41, 5.74) is 6.78. The lowest BCUT2D eigenvalue weighted by molar-refractivity contribution is 0.0298. The molecule has 2 aliphatic rings. The summed E-state index contributed by atoms with van der Waals surface area (Å²) in [6.07, 6.45) is 7.37. The predicted molar refractivity (Wildman–Crippen MR) is 70.9 cm³/mol. The quantitative estimate of drug-likeness (QED) is 0.713. The number of Topliss-reactive ketones (excluding diaryl/α,β-unsaturated/α-hetero) is 1. The van der Waals surface area contributed by atoms with Crippen molar-refractivity contribution >= 4 is 11.5 Å². The molecular formula is C15H19NO2. The molecule has 1 spiro atoms. The Bertz CT molecular complexity index is 473. The molecule has 3 rings (SSSR count). The van der Waals surface area contributed by atoms with Gasteiger partial charge in [-0.15, -0.1) is 0 Å². The maximum atomic E-state index is 12.3. The molecule has 0 bridgehead atoms. The molecule has 3 nitrogen and oxygen atoms in total. The number of anilines is 1. The van der Waals surface area contributed by atoms with Crippen molar-refractivity contribution < 1.29 is 9.53 Å². The Morgan fingerprint density at radius 2 is 1.83 bits per heavy atom. The molecule has 1 heterocycles. The van der Waals surface area contributed by atoms with E-state index >= 15 is 0 Å². The SMILES string of the molecule is Nc1ccc2c(c1)C(=O)CC1(CCCCCC1)O2. The van der Waals surface area contributed by atoms with Crippen molar-refractivity contribution in [1.29, 1.82) is 0 Å². The minimum absolute atomic E-state index is 0.186. The van der Waals surface area contributed by atoms with Crippen molar-refractivity contribution in [3.8, 4) is 5.75 Å². The van der Waals surface area contributed by atoms with Gasteiger partial charge in [0, 0.05) is 5.69 Å². The van der Waals surface area contributed by atoms with Crippen molar-refractivity contribution in [1.82, 2.24) is 0 Å². The largest absolute Gasteiger partial charge is 0.486 e. The number of ether oxygens (including phenoxy) is 1. The van der Waals surface area contributed by atoms with Crippen LogP contribution in [0.15, 0.2) is 18.2 Å². The number of hydrogen-bond acceptors (Lipinski definition) is 3. The fourth-order valence-corrected chi connectivity index (χ4v) is 3.16. The van der Waals surface area contributed by atoms with E-state index in [0.717, 1.165) is 31.4 Å². The third kappa shape index (κ3) is 1.98. The molecule has 96 valence electrons. The fourth-order valence-electron chi connectivity index (χ4n) is 3.16. The lowest BCUT2D eigenvalue weighted by Crippen LogP contribution is -2.41. The normalized spacial score (nSPS) is 22.1. The zero-order chi connectivity index (χ0) is 12.6. The van der Waals surface area contributed by atoms with Crippen LogP contribution in [0.4, 0.5) is 5.69 Å². The lowest BCUT2D eigenvalue weighted by Gasteiger charge is -2.37. The van der Waals surface area contributed by atoms with E-state index in [1.807, 2.05) is 12.1 Å². The summed E-state index contributed by atoms with van der Waals surface area (Å²) in [4.78, 5) is 12.3. The molecule has 3 heteroatoms. The maximum Gasteiger partial charge on any atom is 0.170 e. The van der Waals surface area contributed by atoms with Gasteiger partial charge in [0.25, 0.3) is 0 Å². The highest BCUT2D eigenvalue weighted by atomic mass is 16.5. The second-order valence-corrected chi connectivity index (χ2v) is 5.55. The number of rotatable bonds is 0. The number of carbonyl (C=O) groups excluding carboxylic acids is 1. The van der Waals surface area contributed by atoms with Crippen LogP contribution in [0.25, 0.3) is 0 Å². The molecule has 1 aliphatic heterocycles. The van der Waals surface area contributed by atoms with E-state index in [4.69, 9.17) is 10.5 Å². The highest BCUT2D eigenvalue weighted by Gasteiger charge is 2.40. The third-order valence-corrected chi connectivity index (χ3v) is 4.13. The first-order chi connectivity index (χ1) is 8.69. The molecule has 0 unspecified atom stereocenters. The van der Waals surface area contributed by atoms with Crippen LogP contribution in [0.1, 0.15) is 55.3 Å². The first-order valence-corrected chi connectivity index (χ1v) is 6.80. The topological polar surface area (TPSA) is 52.3 Å². The zero-order valence-corrected chi connectivity index (χ0v) is 10.6. The van der Waals surface area contributed by atoms with Crippen LogP contribution in [-0.2, 0) is 0 Å². The summed E-state index contributed by atoms with van der Waals surface area (Å²) >= 11 is 0. The molecule has 0 saturated heterocycles. The van der Waals surface area contributed by atoms with Gasteiger partial charge in [0.1, 0.15) is 11.4 Å². The summed E-state index contributed by atoms with van der Waals surface area (Å²) < 4.78 is 6.19. The number of hydrogen-bond donors (Lipinski definition) is 1. The zero-order valence-electron chi connectivity index (χ0n) is 10.6. The average molecular weight is 245 g/mol. The average Bonchev–Trinajstić information content (AvgIpc) is 2.56. The standard InChI is InChI=1S/C15H19NO2/c16-11-5-6-14-12(9-11)13(17)10-15(18-14)7-3-1-2-4-8-15/h5-6,9H,1-4,7-8,10,16H2. The number of carbonyl (C=O) groups is 1. The van der Waals surface area contributed by atoms with E-state index < -0.39 is 0 Å². The van der Waals surface area contributed by atoms with E-state index in [2.05, 4.69) is 0 Å². The number of benzene rings is 1. The maximum absolute atomic E-state index is 12.3. The Morgan fingerprint density at radius 1 is 1.11 bits per heavy atom. The van der Waals surface area contributed by atoms with Crippen molar-refractivity contribution in [2.24, 2.45) is 0 Å². The second kappa shape index (κ2) is 4.30. The van der Waals surface area contributed by atoms with Gasteiger partial charge in [-0.2, -0.15) is 0 Å². The van der Waals surface area contributed by atoms with Crippen LogP contribution in [0.2, 0.25) is 0 Å². The molecule has 1 fully saturated rings. The monoisotopic (exact) mass is 245 g/mol. The molecule has 1 aromatic rings. The van der Waals surface area contributed by atoms with Gasteiger partial charge in [0.15, 0.2) is 5.78 Å².